The van der Waals surface area contributed by atoms with Crippen LogP contribution in [0.5, 0.6) is 5.75 Å². The number of carbonyl (C=O) groups is 1. The molecule has 0 spiro atoms. The molecule has 5 nitrogen and oxygen atoms in total. The number of hydrogen-bond donors (Lipinski definition) is 1. The van der Waals surface area contributed by atoms with Gasteiger partial charge < -0.3 is 15.2 Å². The molecule has 8 heteroatoms. The number of ketones is 1. The first-order chi connectivity index (χ1) is 14.9. The van der Waals surface area contributed by atoms with E-state index in [1.54, 1.807) is 24.3 Å². The van der Waals surface area contributed by atoms with E-state index in [0.717, 1.165) is 10.0 Å². The zero-order valence-corrected chi connectivity index (χ0v) is 19.4. The van der Waals surface area contributed by atoms with E-state index in [1.165, 1.54) is 0 Å². The third kappa shape index (κ3) is 4.31. The van der Waals surface area contributed by atoms with Crippen LogP contribution in [0.25, 0.3) is 0 Å². The van der Waals surface area contributed by atoms with Gasteiger partial charge in [0.2, 0.25) is 5.88 Å². The Morgan fingerprint density at radius 1 is 1.23 bits per heavy atom. The average molecular weight is 520 g/mol. The first-order valence-corrected chi connectivity index (χ1v) is 11.1. The summed E-state index contributed by atoms with van der Waals surface area (Å²) in [6.45, 7) is 0.189. The van der Waals surface area contributed by atoms with Crippen LogP contribution in [0.15, 0.2) is 63.7 Å². The molecule has 158 valence electrons. The van der Waals surface area contributed by atoms with Crippen LogP contribution in [0.1, 0.15) is 36.3 Å². The Morgan fingerprint density at radius 2 is 2.03 bits per heavy atom. The van der Waals surface area contributed by atoms with Crippen LogP contribution < -0.4 is 10.5 Å². The highest BCUT2D eigenvalue weighted by molar-refractivity contribution is 9.10. The van der Waals surface area contributed by atoms with Gasteiger partial charge in [-0.15, -0.1) is 0 Å². The number of nitrogens with zero attached hydrogens (tertiary/aromatic N) is 1. The molecule has 0 fully saturated rings. The summed E-state index contributed by atoms with van der Waals surface area (Å²) in [7, 11) is 0. The second-order valence-electron chi connectivity index (χ2n) is 7.24. The van der Waals surface area contributed by atoms with Gasteiger partial charge in [-0.2, -0.15) is 5.26 Å². The molecule has 4 rings (SSSR count). The highest BCUT2D eigenvalue weighted by atomic mass is 79.9. The molecule has 0 saturated heterocycles. The smallest absolute Gasteiger partial charge is 0.205 e. The number of ether oxygens (including phenoxy) is 2. The number of benzene rings is 2. The first-order valence-electron chi connectivity index (χ1n) is 9.59. The molecule has 0 saturated carbocycles. The van der Waals surface area contributed by atoms with Crippen LogP contribution >= 0.6 is 39.1 Å². The zero-order chi connectivity index (χ0) is 22.1. The zero-order valence-electron chi connectivity index (χ0n) is 16.3. The van der Waals surface area contributed by atoms with Gasteiger partial charge in [0.05, 0.1) is 5.92 Å². The maximum Gasteiger partial charge on any atom is 0.205 e. The van der Waals surface area contributed by atoms with Gasteiger partial charge in [0.15, 0.2) is 5.78 Å². The quantitative estimate of drug-likeness (QED) is 0.523. The number of allylic oxidation sites excluding steroid dienone is 3. The van der Waals surface area contributed by atoms with E-state index in [2.05, 4.69) is 22.0 Å². The molecule has 2 aliphatic rings. The predicted octanol–water partition coefficient (Wildman–Crippen LogP) is 6.15. The summed E-state index contributed by atoms with van der Waals surface area (Å²) in [4.78, 5) is 12.8. The van der Waals surface area contributed by atoms with Crippen LogP contribution in [-0.4, -0.2) is 5.78 Å². The van der Waals surface area contributed by atoms with Crippen molar-refractivity contribution in [2.45, 2.75) is 31.8 Å². The summed E-state index contributed by atoms with van der Waals surface area (Å²) in [6, 6.07) is 12.8. The molecule has 1 atom stereocenters. The molecule has 0 unspecified atom stereocenters. The summed E-state index contributed by atoms with van der Waals surface area (Å²) >= 11 is 15.7. The Morgan fingerprint density at radius 3 is 2.77 bits per heavy atom. The van der Waals surface area contributed by atoms with Gasteiger partial charge >= 0.3 is 0 Å². The largest absolute Gasteiger partial charge is 0.489 e. The van der Waals surface area contributed by atoms with Crippen LogP contribution in [0.4, 0.5) is 0 Å². The van der Waals surface area contributed by atoms with Crippen molar-refractivity contribution in [1.29, 1.82) is 5.26 Å². The molecule has 1 aliphatic carbocycles. The van der Waals surface area contributed by atoms with Crippen molar-refractivity contribution in [3.05, 3.63) is 84.8 Å². The lowest BCUT2D eigenvalue weighted by Crippen LogP contribution is -2.27. The minimum atomic E-state index is -0.658. The SMILES string of the molecule is N#CC1=C(N)OC2=C(C(=O)CCC2)[C@H]1c1cc(Br)ccc1OCc1ccc(Cl)cc1Cl. The fourth-order valence-corrected chi connectivity index (χ4v) is 4.68. The second-order valence-corrected chi connectivity index (χ2v) is 9.00. The van der Waals surface area contributed by atoms with Gasteiger partial charge in [-0.1, -0.05) is 45.2 Å². The van der Waals surface area contributed by atoms with E-state index in [4.69, 9.17) is 38.4 Å². The van der Waals surface area contributed by atoms with Gasteiger partial charge in [-0.25, -0.2) is 0 Å². The van der Waals surface area contributed by atoms with Crippen molar-refractivity contribution in [3.8, 4) is 11.8 Å². The molecular formula is C23H17BrCl2N2O3. The molecular weight excluding hydrogens is 503 g/mol. The van der Waals surface area contributed by atoms with E-state index in [9.17, 15) is 10.1 Å². The van der Waals surface area contributed by atoms with Crippen molar-refractivity contribution in [1.82, 2.24) is 0 Å². The van der Waals surface area contributed by atoms with Crippen molar-refractivity contribution >= 4 is 44.9 Å². The number of halogens is 3. The van der Waals surface area contributed by atoms with Crippen LogP contribution in [0, 0.1) is 11.3 Å². The van der Waals surface area contributed by atoms with Gasteiger partial charge in [-0.3, -0.25) is 4.79 Å². The number of carbonyl (C=O) groups excluding carboxylic acids is 1. The fraction of sp³-hybridized carbons (Fsp3) is 0.217. The minimum absolute atomic E-state index is 0.0209. The molecule has 0 amide bonds. The topological polar surface area (TPSA) is 85.3 Å². The lowest BCUT2D eigenvalue weighted by Gasteiger charge is -2.31. The summed E-state index contributed by atoms with van der Waals surface area (Å²) < 4.78 is 12.5. The van der Waals surface area contributed by atoms with Crippen LogP contribution in [-0.2, 0) is 16.1 Å². The van der Waals surface area contributed by atoms with Crippen LogP contribution in [0.3, 0.4) is 0 Å². The Hall–Kier alpha value is -2.46. The Balaban J connectivity index is 1.78. The van der Waals surface area contributed by atoms with Gasteiger partial charge in [0.25, 0.3) is 0 Å². The molecule has 1 heterocycles. The summed E-state index contributed by atoms with van der Waals surface area (Å²) in [6.07, 6.45) is 1.69. The van der Waals surface area contributed by atoms with Crippen molar-refractivity contribution in [2.24, 2.45) is 5.73 Å². The van der Waals surface area contributed by atoms with Gasteiger partial charge in [-0.05, 0) is 36.8 Å². The average Bonchev–Trinajstić information content (AvgIpc) is 2.73. The Bertz CT molecular complexity index is 1180. The highest BCUT2D eigenvalue weighted by Crippen LogP contribution is 2.46. The van der Waals surface area contributed by atoms with E-state index >= 15 is 0 Å². The van der Waals surface area contributed by atoms with Gasteiger partial charge in [0, 0.05) is 44.1 Å². The number of nitrogens with two attached hydrogens (primary N) is 1. The molecule has 0 bridgehead atoms. The molecule has 2 N–H and O–H groups in total. The monoisotopic (exact) mass is 518 g/mol. The first kappa shape index (κ1) is 21.8. The summed E-state index contributed by atoms with van der Waals surface area (Å²) in [5, 5.41) is 10.8. The third-order valence-electron chi connectivity index (χ3n) is 5.29. The number of hydrogen-bond acceptors (Lipinski definition) is 5. The highest BCUT2D eigenvalue weighted by Gasteiger charge is 2.39. The van der Waals surface area contributed by atoms with Crippen molar-refractivity contribution in [3.63, 3.8) is 0 Å². The van der Waals surface area contributed by atoms with E-state index in [1.807, 2.05) is 12.1 Å². The normalized spacial score (nSPS) is 18.4. The lowest BCUT2D eigenvalue weighted by molar-refractivity contribution is -0.116. The van der Waals surface area contributed by atoms with Crippen molar-refractivity contribution < 1.29 is 14.3 Å². The molecule has 0 aromatic heterocycles. The van der Waals surface area contributed by atoms with E-state index in [0.29, 0.717) is 52.0 Å². The number of Topliss-reactive ketones (excluding diaryl/α,β-unsaturated/α-hetero) is 1. The third-order valence-corrected chi connectivity index (χ3v) is 6.37. The minimum Gasteiger partial charge on any atom is -0.489 e. The second kappa shape index (κ2) is 8.96. The van der Waals surface area contributed by atoms with Crippen LogP contribution in [0.2, 0.25) is 10.0 Å². The Labute approximate surface area is 198 Å². The van der Waals surface area contributed by atoms with E-state index < -0.39 is 5.92 Å². The molecule has 0 radical (unpaired) electrons. The predicted molar refractivity (Wildman–Crippen MR) is 121 cm³/mol. The molecule has 2 aromatic carbocycles. The van der Waals surface area contributed by atoms with E-state index in [-0.39, 0.29) is 23.8 Å². The number of nitriles is 1. The molecule has 2 aromatic rings. The maximum atomic E-state index is 12.8. The standard InChI is InChI=1S/C23H17BrCl2N2O3/c24-13-5-7-19(30-11-12-4-6-14(25)9-17(12)26)15(8-13)21-16(10-27)23(28)31-20-3-1-2-18(29)22(20)21/h4-9,21H,1-3,11,28H2/t21-/m0/s1. The summed E-state index contributed by atoms with van der Waals surface area (Å²) in [5.74, 6) is 0.372. The lowest BCUT2D eigenvalue weighted by atomic mass is 9.77. The molecule has 1 aliphatic heterocycles. The van der Waals surface area contributed by atoms with Crippen molar-refractivity contribution in [2.75, 3.05) is 0 Å². The summed E-state index contributed by atoms with van der Waals surface area (Å²) in [5.41, 5.74) is 8.15. The Kier molecular flexibility index (Phi) is 6.29. The molecule has 31 heavy (non-hydrogen) atoms. The fourth-order valence-electron chi connectivity index (χ4n) is 3.84. The maximum absolute atomic E-state index is 12.8. The van der Waals surface area contributed by atoms with Gasteiger partial charge in [0.1, 0.15) is 29.8 Å². The number of rotatable bonds is 4.